The first-order valence-corrected chi connectivity index (χ1v) is 23.1. The molecule has 1 spiro atoms. The van der Waals surface area contributed by atoms with E-state index in [1.165, 1.54) is 51.7 Å². The Bertz CT molecular complexity index is 2460. The molecule has 7 N–H and O–H groups in total. The molecule has 5 aliphatic rings. The molecule has 11 heteroatoms. The fraction of sp³-hybridized carbons (Fsp3) is 0.377. The van der Waals surface area contributed by atoms with Gasteiger partial charge in [-0.3, -0.25) is 14.4 Å². The van der Waals surface area contributed by atoms with E-state index >= 15 is 0 Å². The van der Waals surface area contributed by atoms with Gasteiger partial charge in [0.05, 0.1) is 28.3 Å². The van der Waals surface area contributed by atoms with Crippen molar-refractivity contribution in [2.45, 2.75) is 115 Å². The van der Waals surface area contributed by atoms with Gasteiger partial charge < -0.3 is 37.2 Å². The fourth-order valence-electron chi connectivity index (χ4n) is 9.93. The maximum absolute atomic E-state index is 13.1. The molecule has 0 radical (unpaired) electrons. The Labute approximate surface area is 377 Å². The van der Waals surface area contributed by atoms with E-state index in [-0.39, 0.29) is 28.6 Å². The summed E-state index contributed by atoms with van der Waals surface area (Å²) in [6.45, 7) is 7.41. The molecule has 0 atom stereocenters. The van der Waals surface area contributed by atoms with Crippen LogP contribution >= 0.6 is 0 Å². The van der Waals surface area contributed by atoms with Crippen molar-refractivity contribution in [3.63, 3.8) is 0 Å². The lowest BCUT2D eigenvalue weighted by Crippen LogP contribution is -2.71. The Morgan fingerprint density at radius 1 is 0.734 bits per heavy atom. The monoisotopic (exact) mass is 863 g/mol. The molecule has 4 aromatic carbocycles. The van der Waals surface area contributed by atoms with Crippen molar-refractivity contribution < 1.29 is 18.8 Å². The van der Waals surface area contributed by atoms with Crippen molar-refractivity contribution >= 4 is 51.7 Å². The minimum atomic E-state index is -0.452. The number of halogens is 1. The van der Waals surface area contributed by atoms with Crippen LogP contribution in [0.4, 0.5) is 27.1 Å². The molecule has 10 nitrogen and oxygen atoms in total. The first kappa shape index (κ1) is 44.4. The predicted octanol–water partition coefficient (Wildman–Crippen LogP) is 10.2. The highest BCUT2D eigenvalue weighted by Crippen LogP contribution is 2.41. The standard InChI is InChI=1S/C32H39N3O.C21H23FN4O2/c1-3-18-32(19-4-2)20-17-30(36)35(32)22-23-9-11-25(12-10-23)31(26-13-14-26)34-29-21-27(15-16-28(29)33)24-7-5-6-8-24;22-16-7-8-18(17(23)10-16)25-20(28)15-5-3-14(4-6-15)11-26-19(27)2-1-9-21(26)12-24-13-21/h5-7,9-12,15-16,21,34H,3-4,8,13-14,17-20,22,33H2,1-2H3;3-8,10,24H,1-2,9,11-13,23H2,(H,25,28). The number of benzene rings is 4. The van der Waals surface area contributed by atoms with E-state index in [0.29, 0.717) is 43.1 Å². The largest absolute Gasteiger partial charge is 0.397 e. The third-order valence-corrected chi connectivity index (χ3v) is 13.6. The van der Waals surface area contributed by atoms with Crippen LogP contribution in [0.3, 0.4) is 0 Å². The summed E-state index contributed by atoms with van der Waals surface area (Å²) in [6.07, 6.45) is 18.4. The second kappa shape index (κ2) is 19.3. The van der Waals surface area contributed by atoms with Gasteiger partial charge in [0.25, 0.3) is 5.91 Å². The summed E-state index contributed by atoms with van der Waals surface area (Å²) in [5.41, 5.74) is 23.4. The zero-order chi connectivity index (χ0) is 44.8. The van der Waals surface area contributed by atoms with E-state index < -0.39 is 5.82 Å². The number of carbonyl (C=O) groups is 3. The summed E-state index contributed by atoms with van der Waals surface area (Å²) < 4.78 is 13.1. The van der Waals surface area contributed by atoms with Crippen LogP contribution in [-0.4, -0.2) is 51.7 Å². The number of carbonyl (C=O) groups excluding carboxylic acids is 3. The van der Waals surface area contributed by atoms with Gasteiger partial charge in [0.2, 0.25) is 11.8 Å². The number of piperidine rings is 1. The Balaban J connectivity index is 0.000000181. The number of hydrogen-bond acceptors (Lipinski definition) is 7. The molecule has 3 saturated heterocycles. The van der Waals surface area contributed by atoms with Crippen molar-refractivity contribution in [2.24, 2.45) is 0 Å². The maximum atomic E-state index is 13.1. The summed E-state index contributed by atoms with van der Waals surface area (Å²) in [6, 6.07) is 26.1. The maximum Gasteiger partial charge on any atom is 0.255 e. The van der Waals surface area contributed by atoms with Gasteiger partial charge in [-0.1, -0.05) is 87.4 Å². The van der Waals surface area contributed by atoms with Gasteiger partial charge in [-0.05, 0) is 127 Å². The van der Waals surface area contributed by atoms with E-state index in [2.05, 4.69) is 89.3 Å². The predicted molar refractivity (Wildman–Crippen MR) is 256 cm³/mol. The molecule has 0 unspecified atom stereocenters. The number of nitrogen functional groups attached to an aromatic ring is 2. The molecule has 3 aliphatic heterocycles. The Hall–Kier alpha value is -6.20. The van der Waals surface area contributed by atoms with Crippen molar-refractivity contribution in [1.82, 2.24) is 15.1 Å². The minimum absolute atomic E-state index is 0.0365. The Kier molecular flexibility index (Phi) is 13.4. The number of allylic oxidation sites excluding steroid dienone is 5. The van der Waals surface area contributed by atoms with E-state index in [1.807, 2.05) is 23.1 Å². The van der Waals surface area contributed by atoms with Crippen molar-refractivity contribution in [3.05, 3.63) is 142 Å². The summed E-state index contributed by atoms with van der Waals surface area (Å²) in [7, 11) is 0. The first-order chi connectivity index (χ1) is 31.0. The van der Waals surface area contributed by atoms with Crippen molar-refractivity contribution in [3.8, 4) is 0 Å². The number of nitrogens with zero attached hydrogens (tertiary/aromatic N) is 2. The van der Waals surface area contributed by atoms with Crippen LogP contribution in [0.5, 0.6) is 0 Å². The van der Waals surface area contributed by atoms with Crippen LogP contribution in [0.15, 0.2) is 109 Å². The van der Waals surface area contributed by atoms with Crippen molar-refractivity contribution in [1.29, 1.82) is 0 Å². The average molecular weight is 864 g/mol. The number of amides is 3. The quantitative estimate of drug-likeness (QED) is 0.0794. The zero-order valence-corrected chi connectivity index (χ0v) is 37.3. The van der Waals surface area contributed by atoms with E-state index in [0.717, 1.165) is 94.2 Å². The van der Waals surface area contributed by atoms with Crippen molar-refractivity contribution in [2.75, 3.05) is 35.2 Å². The van der Waals surface area contributed by atoms with Crippen LogP contribution in [0.25, 0.3) is 11.3 Å². The van der Waals surface area contributed by atoms with Crippen LogP contribution in [0.1, 0.15) is 124 Å². The molecule has 1 saturated carbocycles. The van der Waals surface area contributed by atoms with Gasteiger partial charge in [-0.15, -0.1) is 0 Å². The van der Waals surface area contributed by atoms with Crippen LogP contribution in [-0.2, 0) is 22.7 Å². The molecule has 4 fully saturated rings. The molecule has 2 aliphatic carbocycles. The highest BCUT2D eigenvalue weighted by Gasteiger charge is 2.47. The molecule has 3 amide bonds. The lowest BCUT2D eigenvalue weighted by molar-refractivity contribution is -0.146. The number of nitrogens with two attached hydrogens (primary N) is 2. The first-order valence-electron chi connectivity index (χ1n) is 23.1. The molecular formula is C53H62FN7O3. The SMILES string of the molecule is CCCC1(CCC)CCC(=O)N1Cc1ccc(C(Nc2cc(C3=CC=CC3)ccc2N)=C2CC2)cc1.Nc1cc(F)ccc1NC(=O)c1ccc(CN2C(=O)CCCC23CNC3)cc1. The summed E-state index contributed by atoms with van der Waals surface area (Å²) >= 11 is 0. The molecule has 0 bridgehead atoms. The smallest absolute Gasteiger partial charge is 0.255 e. The van der Waals surface area contributed by atoms with Gasteiger partial charge in [0.15, 0.2) is 0 Å². The number of hydrogen-bond donors (Lipinski definition) is 5. The molecule has 0 aromatic heterocycles. The molecule has 334 valence electrons. The Morgan fingerprint density at radius 2 is 1.41 bits per heavy atom. The van der Waals surface area contributed by atoms with Crippen LogP contribution in [0.2, 0.25) is 0 Å². The van der Waals surface area contributed by atoms with Crippen LogP contribution in [0, 0.1) is 5.82 Å². The highest BCUT2D eigenvalue weighted by atomic mass is 19.1. The number of nitrogens with one attached hydrogen (secondary N) is 3. The lowest BCUT2D eigenvalue weighted by Gasteiger charge is -2.53. The van der Waals surface area contributed by atoms with E-state index in [9.17, 15) is 18.8 Å². The lowest BCUT2D eigenvalue weighted by atomic mass is 9.81. The fourth-order valence-corrected chi connectivity index (χ4v) is 9.93. The third-order valence-electron chi connectivity index (χ3n) is 13.6. The third kappa shape index (κ3) is 9.79. The highest BCUT2D eigenvalue weighted by molar-refractivity contribution is 6.05. The summed E-state index contributed by atoms with van der Waals surface area (Å²) in [4.78, 5) is 41.9. The Morgan fingerprint density at radius 3 is 2.02 bits per heavy atom. The normalized spacial score (nSPS) is 18.0. The average Bonchev–Trinajstić information content (AvgIpc) is 3.88. The number of anilines is 4. The summed E-state index contributed by atoms with van der Waals surface area (Å²) in [5, 5.41) is 9.65. The molecule has 4 aromatic rings. The number of rotatable bonds is 14. The van der Waals surface area contributed by atoms with Crippen LogP contribution < -0.4 is 27.4 Å². The second-order valence-electron chi connectivity index (χ2n) is 18.2. The molecule has 3 heterocycles. The molecule has 9 rings (SSSR count). The second-order valence-corrected chi connectivity index (χ2v) is 18.2. The van der Waals surface area contributed by atoms with Gasteiger partial charge >= 0.3 is 0 Å². The topological polar surface area (TPSA) is 146 Å². The van der Waals surface area contributed by atoms with Gasteiger partial charge in [0.1, 0.15) is 5.82 Å². The number of likely N-dealkylation sites (tertiary alicyclic amines) is 2. The van der Waals surface area contributed by atoms with E-state index in [4.69, 9.17) is 11.5 Å². The van der Waals surface area contributed by atoms with Gasteiger partial charge in [0, 0.05) is 55.8 Å². The summed E-state index contributed by atoms with van der Waals surface area (Å²) in [5.74, 6) is -0.266. The molecule has 64 heavy (non-hydrogen) atoms. The van der Waals surface area contributed by atoms with Gasteiger partial charge in [-0.25, -0.2) is 4.39 Å². The van der Waals surface area contributed by atoms with E-state index in [1.54, 1.807) is 12.1 Å². The molecular weight excluding hydrogens is 802 g/mol. The zero-order valence-electron chi connectivity index (χ0n) is 37.3. The minimum Gasteiger partial charge on any atom is -0.397 e. The van der Waals surface area contributed by atoms with Gasteiger partial charge in [-0.2, -0.15) is 0 Å².